The first-order valence-electron chi connectivity index (χ1n) is 6.80. The van der Waals surface area contributed by atoms with Crippen LogP contribution < -0.4 is 5.32 Å². The van der Waals surface area contributed by atoms with E-state index < -0.39 is 18.5 Å². The third-order valence-electron chi connectivity index (χ3n) is 3.00. The third kappa shape index (κ3) is 4.66. The monoisotopic (exact) mass is 331 g/mol. The molecule has 2 aromatic carbocycles. The van der Waals surface area contributed by atoms with Gasteiger partial charge in [-0.25, -0.2) is 4.79 Å². The molecule has 2 aromatic rings. The number of anilines is 1. The molecular weight excluding hydrogens is 318 g/mol. The number of rotatable bonds is 5. The maximum Gasteiger partial charge on any atom is 0.340 e. The minimum absolute atomic E-state index is 0.0588. The standard InChI is InChI=1S/C17H14ClNO4/c1-11(20)12-6-8-13(9-7-12)19-16(21)10-23-17(22)14-4-2-3-5-15(14)18/h2-9H,10H2,1H3,(H,19,21). The van der Waals surface area contributed by atoms with Gasteiger partial charge in [-0.3, -0.25) is 9.59 Å². The number of Topliss-reactive ketones (excluding diaryl/α,β-unsaturated/α-hetero) is 1. The van der Waals surface area contributed by atoms with Crippen molar-refractivity contribution in [3.63, 3.8) is 0 Å². The number of hydrogen-bond donors (Lipinski definition) is 1. The van der Waals surface area contributed by atoms with E-state index >= 15 is 0 Å². The van der Waals surface area contributed by atoms with Crippen LogP contribution >= 0.6 is 11.6 Å². The van der Waals surface area contributed by atoms with Crippen LogP contribution in [0.5, 0.6) is 0 Å². The predicted molar refractivity (Wildman–Crippen MR) is 86.8 cm³/mol. The van der Waals surface area contributed by atoms with Crippen LogP contribution in [0, 0.1) is 0 Å². The highest BCUT2D eigenvalue weighted by atomic mass is 35.5. The van der Waals surface area contributed by atoms with Gasteiger partial charge in [0.1, 0.15) is 0 Å². The van der Waals surface area contributed by atoms with Gasteiger partial charge in [0.2, 0.25) is 0 Å². The topological polar surface area (TPSA) is 72.5 Å². The Hall–Kier alpha value is -2.66. The Balaban J connectivity index is 1.89. The van der Waals surface area contributed by atoms with E-state index in [1.165, 1.54) is 13.0 Å². The molecule has 6 heteroatoms. The van der Waals surface area contributed by atoms with E-state index in [0.717, 1.165) is 0 Å². The van der Waals surface area contributed by atoms with Gasteiger partial charge in [-0.15, -0.1) is 0 Å². The van der Waals surface area contributed by atoms with Crippen molar-refractivity contribution in [3.8, 4) is 0 Å². The highest BCUT2D eigenvalue weighted by molar-refractivity contribution is 6.33. The van der Waals surface area contributed by atoms with Gasteiger partial charge in [0.25, 0.3) is 5.91 Å². The smallest absolute Gasteiger partial charge is 0.340 e. The van der Waals surface area contributed by atoms with Crippen molar-refractivity contribution in [1.82, 2.24) is 0 Å². The van der Waals surface area contributed by atoms with Crippen molar-refractivity contribution in [2.24, 2.45) is 0 Å². The quantitative estimate of drug-likeness (QED) is 0.673. The van der Waals surface area contributed by atoms with E-state index in [2.05, 4.69) is 5.32 Å². The van der Waals surface area contributed by atoms with E-state index in [1.54, 1.807) is 42.5 Å². The summed E-state index contributed by atoms with van der Waals surface area (Å²) in [5.74, 6) is -1.21. The Kier molecular flexibility index (Phi) is 5.49. The molecule has 0 unspecified atom stereocenters. The van der Waals surface area contributed by atoms with Crippen LogP contribution in [-0.4, -0.2) is 24.3 Å². The fraction of sp³-hybridized carbons (Fsp3) is 0.118. The average Bonchev–Trinajstić information content (AvgIpc) is 2.53. The Labute approximate surface area is 138 Å². The molecular formula is C17H14ClNO4. The number of benzene rings is 2. The van der Waals surface area contributed by atoms with Gasteiger partial charge in [0, 0.05) is 11.3 Å². The van der Waals surface area contributed by atoms with E-state index in [0.29, 0.717) is 11.3 Å². The number of carbonyl (C=O) groups excluding carboxylic acids is 3. The molecule has 0 atom stereocenters. The summed E-state index contributed by atoms with van der Waals surface area (Å²) in [6.07, 6.45) is 0. The highest BCUT2D eigenvalue weighted by Gasteiger charge is 2.13. The first-order chi connectivity index (χ1) is 11.0. The number of ether oxygens (including phenoxy) is 1. The molecule has 23 heavy (non-hydrogen) atoms. The Morgan fingerprint density at radius 2 is 1.70 bits per heavy atom. The van der Waals surface area contributed by atoms with Gasteiger partial charge in [-0.2, -0.15) is 0 Å². The molecule has 0 aliphatic rings. The molecule has 0 bridgehead atoms. The SMILES string of the molecule is CC(=O)c1ccc(NC(=O)COC(=O)c2ccccc2Cl)cc1. The molecule has 0 fully saturated rings. The lowest BCUT2D eigenvalue weighted by Crippen LogP contribution is -2.21. The zero-order chi connectivity index (χ0) is 16.8. The molecule has 0 aliphatic heterocycles. The molecule has 1 amide bonds. The maximum atomic E-state index is 11.8. The number of amides is 1. The molecule has 0 saturated heterocycles. The lowest BCUT2D eigenvalue weighted by atomic mass is 10.1. The number of nitrogens with one attached hydrogen (secondary N) is 1. The van der Waals surface area contributed by atoms with Gasteiger partial charge in [0.05, 0.1) is 10.6 Å². The van der Waals surface area contributed by atoms with Gasteiger partial charge in [-0.05, 0) is 43.3 Å². The van der Waals surface area contributed by atoms with E-state index in [4.69, 9.17) is 16.3 Å². The van der Waals surface area contributed by atoms with E-state index in [9.17, 15) is 14.4 Å². The summed E-state index contributed by atoms with van der Waals surface area (Å²) in [6.45, 7) is 1.03. The lowest BCUT2D eigenvalue weighted by Gasteiger charge is -2.07. The molecule has 0 heterocycles. The molecule has 0 aliphatic carbocycles. The number of esters is 1. The van der Waals surface area contributed by atoms with Crippen molar-refractivity contribution >= 4 is 34.9 Å². The number of ketones is 1. The fourth-order valence-corrected chi connectivity index (χ4v) is 2.03. The van der Waals surface area contributed by atoms with Gasteiger partial charge >= 0.3 is 5.97 Å². The molecule has 118 valence electrons. The van der Waals surface area contributed by atoms with Crippen molar-refractivity contribution in [3.05, 3.63) is 64.7 Å². The Bertz CT molecular complexity index is 741. The summed E-state index contributed by atoms with van der Waals surface area (Å²) in [5.41, 5.74) is 1.26. The first-order valence-corrected chi connectivity index (χ1v) is 7.17. The average molecular weight is 332 g/mol. The van der Waals surface area contributed by atoms with Crippen LogP contribution in [0.2, 0.25) is 5.02 Å². The van der Waals surface area contributed by atoms with Crippen LogP contribution in [0.15, 0.2) is 48.5 Å². The second-order valence-corrected chi connectivity index (χ2v) is 5.14. The van der Waals surface area contributed by atoms with Gasteiger partial charge < -0.3 is 10.1 Å². The van der Waals surface area contributed by atoms with Crippen LogP contribution in [0.25, 0.3) is 0 Å². The second-order valence-electron chi connectivity index (χ2n) is 4.74. The van der Waals surface area contributed by atoms with Gasteiger partial charge in [0.15, 0.2) is 12.4 Å². The third-order valence-corrected chi connectivity index (χ3v) is 3.33. The van der Waals surface area contributed by atoms with Crippen molar-refractivity contribution in [2.75, 3.05) is 11.9 Å². The predicted octanol–water partition coefficient (Wildman–Crippen LogP) is 3.34. The highest BCUT2D eigenvalue weighted by Crippen LogP contribution is 2.16. The van der Waals surface area contributed by atoms with E-state index in [-0.39, 0.29) is 16.4 Å². The zero-order valence-corrected chi connectivity index (χ0v) is 13.1. The Morgan fingerprint density at radius 1 is 1.04 bits per heavy atom. The number of hydrogen-bond acceptors (Lipinski definition) is 4. The van der Waals surface area contributed by atoms with Crippen LogP contribution in [-0.2, 0) is 9.53 Å². The van der Waals surface area contributed by atoms with Crippen LogP contribution in [0.3, 0.4) is 0 Å². The minimum atomic E-state index is -0.669. The molecule has 0 saturated carbocycles. The molecule has 2 rings (SSSR count). The summed E-state index contributed by atoms with van der Waals surface area (Å²) in [4.78, 5) is 34.7. The van der Waals surface area contributed by atoms with Crippen molar-refractivity contribution in [2.45, 2.75) is 6.92 Å². The lowest BCUT2D eigenvalue weighted by molar-refractivity contribution is -0.119. The number of halogens is 1. The minimum Gasteiger partial charge on any atom is -0.452 e. The van der Waals surface area contributed by atoms with Crippen LogP contribution in [0.1, 0.15) is 27.6 Å². The Morgan fingerprint density at radius 3 is 2.30 bits per heavy atom. The number of carbonyl (C=O) groups is 3. The van der Waals surface area contributed by atoms with E-state index in [1.807, 2.05) is 0 Å². The molecule has 0 aromatic heterocycles. The fourth-order valence-electron chi connectivity index (χ4n) is 1.82. The summed E-state index contributed by atoms with van der Waals surface area (Å²) in [5, 5.41) is 2.83. The normalized spacial score (nSPS) is 10.0. The second kappa shape index (κ2) is 7.56. The van der Waals surface area contributed by atoms with Gasteiger partial charge in [-0.1, -0.05) is 23.7 Å². The largest absolute Gasteiger partial charge is 0.452 e. The summed E-state index contributed by atoms with van der Waals surface area (Å²) in [6, 6.07) is 12.8. The van der Waals surface area contributed by atoms with Crippen LogP contribution in [0.4, 0.5) is 5.69 Å². The van der Waals surface area contributed by atoms with Crippen molar-refractivity contribution in [1.29, 1.82) is 0 Å². The molecule has 0 spiro atoms. The molecule has 0 radical (unpaired) electrons. The summed E-state index contributed by atoms with van der Waals surface area (Å²) < 4.78 is 4.92. The first kappa shape index (κ1) is 16.7. The summed E-state index contributed by atoms with van der Waals surface area (Å²) in [7, 11) is 0. The molecule has 1 N–H and O–H groups in total. The zero-order valence-electron chi connectivity index (χ0n) is 12.3. The van der Waals surface area contributed by atoms with Crippen molar-refractivity contribution < 1.29 is 19.1 Å². The molecule has 5 nitrogen and oxygen atoms in total. The summed E-state index contributed by atoms with van der Waals surface area (Å²) >= 11 is 5.88. The maximum absolute atomic E-state index is 11.8.